The summed E-state index contributed by atoms with van der Waals surface area (Å²) in [5.41, 5.74) is 14.0. The number of aliphatic hydroxyl groups is 1. The van der Waals surface area contributed by atoms with Crippen LogP contribution in [0.2, 0.25) is 0 Å². The third-order valence-corrected chi connectivity index (χ3v) is 4.46. The average molecular weight is 334 g/mol. The van der Waals surface area contributed by atoms with Gasteiger partial charge in [-0.3, -0.25) is 10.2 Å². The van der Waals surface area contributed by atoms with Crippen LogP contribution in [0.15, 0.2) is 30.3 Å². The Morgan fingerprint density at radius 3 is 2.42 bits per heavy atom. The normalized spacial score (nSPS) is 17.8. The lowest BCUT2D eigenvalue weighted by Gasteiger charge is -2.28. The number of carbonyl (C=O) groups excluding carboxylic acids is 2. The molecule has 0 aliphatic heterocycles. The van der Waals surface area contributed by atoms with E-state index in [9.17, 15) is 14.7 Å². The van der Waals surface area contributed by atoms with Crippen LogP contribution in [0.5, 0.6) is 0 Å². The number of nitrogens with zero attached hydrogens (tertiary/aromatic N) is 1. The van der Waals surface area contributed by atoms with Gasteiger partial charge in [0.1, 0.15) is 6.10 Å². The second kappa shape index (κ2) is 8.65. The minimum Gasteiger partial charge on any atom is -0.382 e. The molecule has 0 saturated heterocycles. The van der Waals surface area contributed by atoms with Crippen molar-refractivity contribution in [2.24, 2.45) is 17.4 Å². The monoisotopic (exact) mass is 334 g/mol. The van der Waals surface area contributed by atoms with Crippen LogP contribution < -0.4 is 21.9 Å². The molecule has 1 aliphatic carbocycles. The molecule has 0 spiro atoms. The van der Waals surface area contributed by atoms with E-state index >= 15 is 0 Å². The van der Waals surface area contributed by atoms with Crippen molar-refractivity contribution in [2.45, 2.75) is 50.7 Å². The Hall–Kier alpha value is -2.12. The molecule has 1 aromatic carbocycles. The number of benzene rings is 1. The highest BCUT2D eigenvalue weighted by molar-refractivity contribution is 5.95. The van der Waals surface area contributed by atoms with Crippen molar-refractivity contribution in [3.05, 3.63) is 30.3 Å². The first-order valence-corrected chi connectivity index (χ1v) is 8.37. The molecule has 132 valence electrons. The van der Waals surface area contributed by atoms with Crippen molar-refractivity contribution in [1.82, 2.24) is 5.43 Å². The quantitative estimate of drug-likeness (QED) is 0.606. The number of carbonyl (C=O) groups is 2. The fourth-order valence-corrected chi connectivity index (χ4v) is 3.13. The van der Waals surface area contributed by atoms with Gasteiger partial charge in [0, 0.05) is 6.04 Å². The molecule has 1 fully saturated rings. The largest absolute Gasteiger partial charge is 0.382 e. The zero-order valence-electron chi connectivity index (χ0n) is 13.7. The first-order valence-electron chi connectivity index (χ1n) is 8.37. The molecule has 2 atom stereocenters. The van der Waals surface area contributed by atoms with E-state index < -0.39 is 24.1 Å². The number of hydrogen-bond donors (Lipinski definition) is 4. The topological polar surface area (TPSA) is 122 Å². The average Bonchev–Trinajstić information content (AvgIpc) is 2.60. The molecule has 7 heteroatoms. The van der Waals surface area contributed by atoms with Crippen LogP contribution >= 0.6 is 0 Å². The Bertz CT molecular complexity index is 546. The molecular formula is C17H26N4O3. The van der Waals surface area contributed by atoms with Gasteiger partial charge in [0.15, 0.2) is 0 Å². The second-order valence-corrected chi connectivity index (χ2v) is 6.33. The maximum absolute atomic E-state index is 12.2. The van der Waals surface area contributed by atoms with Crippen molar-refractivity contribution in [3.63, 3.8) is 0 Å². The predicted molar refractivity (Wildman–Crippen MR) is 91.8 cm³/mol. The van der Waals surface area contributed by atoms with Crippen molar-refractivity contribution in [2.75, 3.05) is 5.01 Å². The Morgan fingerprint density at radius 1 is 1.21 bits per heavy atom. The third-order valence-electron chi connectivity index (χ3n) is 4.46. The molecule has 0 radical (unpaired) electrons. The zero-order chi connectivity index (χ0) is 17.5. The maximum Gasteiger partial charge on any atom is 0.338 e. The van der Waals surface area contributed by atoms with E-state index in [-0.39, 0.29) is 0 Å². The number of nitrogens with two attached hydrogens (primary N) is 2. The number of urea groups is 1. The van der Waals surface area contributed by atoms with Crippen LogP contribution in [-0.2, 0) is 4.79 Å². The van der Waals surface area contributed by atoms with Gasteiger partial charge >= 0.3 is 6.03 Å². The number of aliphatic hydroxyl groups excluding tert-OH is 1. The smallest absolute Gasteiger partial charge is 0.338 e. The summed E-state index contributed by atoms with van der Waals surface area (Å²) in [6.07, 6.45) is 4.94. The highest BCUT2D eigenvalue weighted by Crippen LogP contribution is 2.27. The molecule has 1 saturated carbocycles. The van der Waals surface area contributed by atoms with Crippen LogP contribution in [0.3, 0.4) is 0 Å². The van der Waals surface area contributed by atoms with E-state index in [1.807, 2.05) is 0 Å². The minimum atomic E-state index is -1.39. The predicted octanol–water partition coefficient (Wildman–Crippen LogP) is 1.26. The molecule has 0 aromatic heterocycles. The lowest BCUT2D eigenvalue weighted by molar-refractivity contribution is -0.130. The van der Waals surface area contributed by atoms with Gasteiger partial charge in [0.25, 0.3) is 5.91 Å². The van der Waals surface area contributed by atoms with E-state index in [1.54, 1.807) is 30.3 Å². The molecule has 1 aromatic rings. The SMILES string of the molecule is NC(=O)N(NC(=O)C(O)[C@H](N)CC1CCCCC1)c1ccccc1. The number of primary amides is 1. The molecule has 1 aliphatic rings. The molecule has 0 bridgehead atoms. The molecule has 7 nitrogen and oxygen atoms in total. The summed E-state index contributed by atoms with van der Waals surface area (Å²) in [7, 11) is 0. The van der Waals surface area contributed by atoms with Gasteiger partial charge in [0.05, 0.1) is 5.69 Å². The van der Waals surface area contributed by atoms with Gasteiger partial charge < -0.3 is 16.6 Å². The summed E-state index contributed by atoms with van der Waals surface area (Å²) in [4.78, 5) is 23.8. The van der Waals surface area contributed by atoms with Gasteiger partial charge in [-0.15, -0.1) is 0 Å². The van der Waals surface area contributed by atoms with Gasteiger partial charge in [-0.05, 0) is 24.5 Å². The van der Waals surface area contributed by atoms with Crippen LogP contribution in [0.1, 0.15) is 38.5 Å². The van der Waals surface area contributed by atoms with Crippen molar-refractivity contribution >= 4 is 17.6 Å². The zero-order valence-corrected chi connectivity index (χ0v) is 13.7. The van der Waals surface area contributed by atoms with E-state index in [4.69, 9.17) is 11.5 Å². The number of amides is 3. The summed E-state index contributed by atoms with van der Waals surface area (Å²) in [6, 6.07) is 6.94. The van der Waals surface area contributed by atoms with Crippen molar-refractivity contribution in [1.29, 1.82) is 0 Å². The molecule has 0 heterocycles. The number of nitrogens with one attached hydrogen (secondary N) is 1. The lowest BCUT2D eigenvalue weighted by Crippen LogP contribution is -2.55. The van der Waals surface area contributed by atoms with Crippen LogP contribution in [0, 0.1) is 5.92 Å². The van der Waals surface area contributed by atoms with Crippen molar-refractivity contribution in [3.8, 4) is 0 Å². The Kier molecular flexibility index (Phi) is 6.57. The molecule has 6 N–H and O–H groups in total. The van der Waals surface area contributed by atoms with Gasteiger partial charge in [-0.25, -0.2) is 9.80 Å². The van der Waals surface area contributed by atoms with E-state index in [2.05, 4.69) is 5.43 Å². The second-order valence-electron chi connectivity index (χ2n) is 6.33. The van der Waals surface area contributed by atoms with Crippen LogP contribution in [-0.4, -0.2) is 29.2 Å². The first kappa shape index (κ1) is 18.2. The Morgan fingerprint density at radius 2 is 1.83 bits per heavy atom. The van der Waals surface area contributed by atoms with E-state index in [0.29, 0.717) is 18.0 Å². The molecule has 1 unspecified atom stereocenters. The Labute approximate surface area is 142 Å². The number of rotatable bonds is 5. The van der Waals surface area contributed by atoms with Gasteiger partial charge in [-0.2, -0.15) is 0 Å². The minimum absolute atomic E-state index is 0.409. The standard InChI is InChI=1S/C17H26N4O3/c18-14(11-12-7-3-1-4-8-12)15(22)16(23)20-21(17(19)24)13-9-5-2-6-10-13/h2,5-6,9-10,12,14-15,22H,1,3-4,7-8,11,18H2,(H2,19,24)(H,20,23)/t14-,15?/m1/s1. The number of hydrogen-bond acceptors (Lipinski definition) is 4. The summed E-state index contributed by atoms with van der Waals surface area (Å²) in [5.74, 6) is -0.293. The molecule has 3 amide bonds. The van der Waals surface area contributed by atoms with E-state index in [1.165, 1.54) is 19.3 Å². The molecule has 24 heavy (non-hydrogen) atoms. The highest BCUT2D eigenvalue weighted by Gasteiger charge is 2.28. The van der Waals surface area contributed by atoms with E-state index in [0.717, 1.165) is 17.9 Å². The molecular weight excluding hydrogens is 308 g/mol. The lowest BCUT2D eigenvalue weighted by atomic mass is 9.84. The fraction of sp³-hybridized carbons (Fsp3) is 0.529. The number of anilines is 1. The van der Waals surface area contributed by atoms with Crippen LogP contribution in [0.25, 0.3) is 0 Å². The molecule has 2 rings (SSSR count). The summed E-state index contributed by atoms with van der Waals surface area (Å²) in [5, 5.41) is 11.1. The first-order chi connectivity index (χ1) is 11.5. The van der Waals surface area contributed by atoms with Crippen molar-refractivity contribution < 1.29 is 14.7 Å². The third kappa shape index (κ3) is 4.94. The maximum atomic E-state index is 12.2. The summed E-state index contributed by atoms with van der Waals surface area (Å²) >= 11 is 0. The summed E-state index contributed by atoms with van der Waals surface area (Å²) in [6.45, 7) is 0. The fourth-order valence-electron chi connectivity index (χ4n) is 3.13. The summed E-state index contributed by atoms with van der Waals surface area (Å²) < 4.78 is 0. The number of hydrazine groups is 1. The van der Waals surface area contributed by atoms with Gasteiger partial charge in [-0.1, -0.05) is 50.3 Å². The highest BCUT2D eigenvalue weighted by atomic mass is 16.3. The Balaban J connectivity index is 1.94. The van der Waals surface area contributed by atoms with Crippen LogP contribution in [0.4, 0.5) is 10.5 Å². The van der Waals surface area contributed by atoms with Gasteiger partial charge in [0.2, 0.25) is 0 Å². The number of para-hydroxylation sites is 1.